The summed E-state index contributed by atoms with van der Waals surface area (Å²) in [7, 11) is 0. The van der Waals surface area contributed by atoms with Gasteiger partial charge in [0.25, 0.3) is 11.8 Å². The van der Waals surface area contributed by atoms with Crippen molar-refractivity contribution in [1.82, 2.24) is 10.2 Å². The van der Waals surface area contributed by atoms with Crippen molar-refractivity contribution in [2.24, 2.45) is 5.41 Å². The van der Waals surface area contributed by atoms with Crippen molar-refractivity contribution < 1.29 is 14.3 Å². The van der Waals surface area contributed by atoms with Crippen LogP contribution in [-0.2, 0) is 4.79 Å². The molecule has 0 bridgehead atoms. The normalized spacial score (nSPS) is 21.5. The quantitative estimate of drug-likeness (QED) is 0.807. The number of rotatable bonds is 1. The summed E-state index contributed by atoms with van der Waals surface area (Å²) in [4.78, 5) is 26.1. The van der Waals surface area contributed by atoms with Crippen LogP contribution in [0.1, 0.15) is 29.6 Å². The maximum absolute atomic E-state index is 12.7. The summed E-state index contributed by atoms with van der Waals surface area (Å²) in [6.07, 6.45) is 3.35. The summed E-state index contributed by atoms with van der Waals surface area (Å²) >= 11 is 0. The van der Waals surface area contributed by atoms with Crippen LogP contribution in [0.4, 0.5) is 5.69 Å². The molecule has 3 heterocycles. The SMILES string of the molecule is Cl.O=C1COc2ccc(C(=O)N3CCC4(CCNC4)CC3)cc2N1. The molecule has 0 radical (unpaired) electrons. The van der Waals surface area contributed by atoms with Gasteiger partial charge in [-0.15, -0.1) is 12.4 Å². The van der Waals surface area contributed by atoms with E-state index in [1.54, 1.807) is 18.2 Å². The molecule has 2 N–H and O–H groups in total. The summed E-state index contributed by atoms with van der Waals surface area (Å²) in [5, 5.41) is 6.19. The van der Waals surface area contributed by atoms with E-state index in [4.69, 9.17) is 4.74 Å². The monoisotopic (exact) mass is 351 g/mol. The topological polar surface area (TPSA) is 70.7 Å². The Bertz CT molecular complexity index is 648. The number of anilines is 1. The van der Waals surface area contributed by atoms with E-state index in [1.807, 2.05) is 4.90 Å². The van der Waals surface area contributed by atoms with Crippen molar-refractivity contribution in [3.63, 3.8) is 0 Å². The van der Waals surface area contributed by atoms with Crippen LogP contribution in [0, 0.1) is 5.41 Å². The van der Waals surface area contributed by atoms with Gasteiger partial charge in [0, 0.05) is 25.2 Å². The van der Waals surface area contributed by atoms with E-state index in [-0.39, 0.29) is 30.8 Å². The first-order valence-electron chi connectivity index (χ1n) is 8.22. The van der Waals surface area contributed by atoms with E-state index in [2.05, 4.69) is 10.6 Å². The van der Waals surface area contributed by atoms with Crippen molar-refractivity contribution in [2.75, 3.05) is 38.1 Å². The van der Waals surface area contributed by atoms with Crippen molar-refractivity contribution >= 4 is 29.9 Å². The lowest BCUT2D eigenvalue weighted by atomic mass is 9.78. The molecular weight excluding hydrogens is 330 g/mol. The van der Waals surface area contributed by atoms with Crippen molar-refractivity contribution in [3.05, 3.63) is 23.8 Å². The standard InChI is InChI=1S/C17H21N3O3.ClH/c21-15-10-23-14-2-1-12(9-13(14)19-15)16(22)20-7-4-17(5-8-20)3-6-18-11-17;/h1-2,9,18H,3-8,10-11H2,(H,19,21);1H. The van der Waals surface area contributed by atoms with Crippen LogP contribution in [0.5, 0.6) is 5.75 Å². The summed E-state index contributed by atoms with van der Waals surface area (Å²) in [5.74, 6) is 0.472. The van der Waals surface area contributed by atoms with E-state index in [0.29, 0.717) is 22.4 Å². The van der Waals surface area contributed by atoms with Gasteiger partial charge < -0.3 is 20.3 Å². The largest absolute Gasteiger partial charge is 0.482 e. The molecule has 1 spiro atoms. The van der Waals surface area contributed by atoms with E-state index in [9.17, 15) is 9.59 Å². The van der Waals surface area contributed by atoms with Crippen LogP contribution in [0.15, 0.2) is 18.2 Å². The predicted molar refractivity (Wildman–Crippen MR) is 92.9 cm³/mol. The second-order valence-corrected chi connectivity index (χ2v) is 6.77. The highest BCUT2D eigenvalue weighted by Gasteiger charge is 2.38. The van der Waals surface area contributed by atoms with Crippen LogP contribution in [0.25, 0.3) is 0 Å². The number of piperidine rings is 1. The summed E-state index contributed by atoms with van der Waals surface area (Å²) in [6, 6.07) is 5.25. The van der Waals surface area contributed by atoms with Gasteiger partial charge in [-0.1, -0.05) is 0 Å². The predicted octanol–water partition coefficient (Wildman–Crippen LogP) is 1.65. The fourth-order valence-corrected chi connectivity index (χ4v) is 3.81. The molecule has 4 rings (SSSR count). The first-order chi connectivity index (χ1) is 11.2. The lowest BCUT2D eigenvalue weighted by molar-refractivity contribution is -0.118. The third-order valence-electron chi connectivity index (χ3n) is 5.30. The van der Waals surface area contributed by atoms with Gasteiger partial charge in [0.1, 0.15) is 5.75 Å². The van der Waals surface area contributed by atoms with Gasteiger partial charge in [0.2, 0.25) is 0 Å². The molecule has 0 aliphatic carbocycles. The minimum Gasteiger partial charge on any atom is -0.482 e. The van der Waals surface area contributed by atoms with Gasteiger partial charge in [0.15, 0.2) is 6.61 Å². The second kappa shape index (κ2) is 6.61. The molecule has 0 saturated carbocycles. The number of nitrogens with zero attached hydrogens (tertiary/aromatic N) is 1. The number of nitrogens with one attached hydrogen (secondary N) is 2. The number of hydrogen-bond donors (Lipinski definition) is 2. The molecule has 24 heavy (non-hydrogen) atoms. The fraction of sp³-hybridized carbons (Fsp3) is 0.529. The van der Waals surface area contributed by atoms with Crippen LogP contribution in [-0.4, -0.2) is 49.5 Å². The van der Waals surface area contributed by atoms with Gasteiger partial charge >= 0.3 is 0 Å². The maximum Gasteiger partial charge on any atom is 0.262 e. The Kier molecular flexibility index (Phi) is 4.69. The van der Waals surface area contributed by atoms with Crippen LogP contribution in [0.2, 0.25) is 0 Å². The summed E-state index contributed by atoms with van der Waals surface area (Å²) in [5.41, 5.74) is 1.59. The molecular formula is C17H22ClN3O3. The average Bonchev–Trinajstić information content (AvgIpc) is 3.02. The molecule has 0 atom stereocenters. The zero-order valence-electron chi connectivity index (χ0n) is 13.5. The van der Waals surface area contributed by atoms with Crippen molar-refractivity contribution in [3.8, 4) is 5.75 Å². The highest BCUT2D eigenvalue weighted by atomic mass is 35.5. The third kappa shape index (κ3) is 3.08. The molecule has 7 heteroatoms. The van der Waals surface area contributed by atoms with Gasteiger partial charge in [0.05, 0.1) is 5.69 Å². The zero-order chi connectivity index (χ0) is 15.9. The van der Waals surface area contributed by atoms with Crippen molar-refractivity contribution in [2.45, 2.75) is 19.3 Å². The Balaban J connectivity index is 0.00000169. The highest BCUT2D eigenvalue weighted by Crippen LogP contribution is 2.37. The minimum atomic E-state index is -0.184. The molecule has 6 nitrogen and oxygen atoms in total. The number of carbonyl (C=O) groups excluding carboxylic acids is 2. The van der Waals surface area contributed by atoms with E-state index in [0.717, 1.165) is 39.0 Å². The molecule has 1 aromatic rings. The molecule has 2 saturated heterocycles. The molecule has 2 amide bonds. The molecule has 3 aliphatic rings. The first kappa shape index (κ1) is 17.0. The number of fused-ring (bicyclic) bond motifs is 1. The highest BCUT2D eigenvalue weighted by molar-refractivity contribution is 5.99. The van der Waals surface area contributed by atoms with Crippen LogP contribution in [0.3, 0.4) is 0 Å². The number of hydrogen-bond acceptors (Lipinski definition) is 4. The number of carbonyl (C=O) groups is 2. The Morgan fingerprint density at radius 2 is 2.00 bits per heavy atom. The second-order valence-electron chi connectivity index (χ2n) is 6.77. The Morgan fingerprint density at radius 1 is 1.21 bits per heavy atom. The van der Waals surface area contributed by atoms with Gasteiger partial charge in [-0.3, -0.25) is 9.59 Å². The van der Waals surface area contributed by atoms with E-state index in [1.165, 1.54) is 6.42 Å². The summed E-state index contributed by atoms with van der Waals surface area (Å²) < 4.78 is 5.34. The van der Waals surface area contributed by atoms with Gasteiger partial charge in [-0.25, -0.2) is 0 Å². The zero-order valence-corrected chi connectivity index (χ0v) is 14.3. The molecule has 0 aromatic heterocycles. The molecule has 3 aliphatic heterocycles. The van der Waals surface area contributed by atoms with E-state index >= 15 is 0 Å². The van der Waals surface area contributed by atoms with Crippen molar-refractivity contribution in [1.29, 1.82) is 0 Å². The Morgan fingerprint density at radius 3 is 2.71 bits per heavy atom. The smallest absolute Gasteiger partial charge is 0.262 e. The van der Waals surface area contributed by atoms with E-state index < -0.39 is 0 Å². The lowest BCUT2D eigenvalue weighted by Crippen LogP contribution is -2.44. The Labute approximate surface area is 147 Å². The van der Waals surface area contributed by atoms with Gasteiger partial charge in [-0.05, 0) is 49.4 Å². The minimum absolute atomic E-state index is 0. The first-order valence-corrected chi connectivity index (χ1v) is 8.22. The maximum atomic E-state index is 12.7. The third-order valence-corrected chi connectivity index (χ3v) is 5.30. The fourth-order valence-electron chi connectivity index (χ4n) is 3.81. The molecule has 0 unspecified atom stereocenters. The molecule has 2 fully saturated rings. The molecule has 1 aromatic carbocycles. The number of benzene rings is 1. The Hall–Kier alpha value is -1.79. The number of ether oxygens (including phenoxy) is 1. The number of amides is 2. The molecule has 130 valence electrons. The van der Waals surface area contributed by atoms with Crippen LogP contribution < -0.4 is 15.4 Å². The average molecular weight is 352 g/mol. The number of likely N-dealkylation sites (tertiary alicyclic amines) is 1. The number of halogens is 1. The van der Waals surface area contributed by atoms with Crippen LogP contribution >= 0.6 is 12.4 Å². The van der Waals surface area contributed by atoms with Gasteiger partial charge in [-0.2, -0.15) is 0 Å². The summed E-state index contributed by atoms with van der Waals surface area (Å²) in [6.45, 7) is 3.82. The lowest BCUT2D eigenvalue weighted by Gasteiger charge is -2.39.